The third-order valence-electron chi connectivity index (χ3n) is 8.18. The first-order valence-electron chi connectivity index (χ1n) is 13.4. The lowest BCUT2D eigenvalue weighted by Crippen LogP contribution is -2.48. The minimum absolute atomic E-state index is 0.288. The molecule has 3 fully saturated rings. The maximum Gasteiger partial charge on any atom is 0.221 e. The number of carbonyl (C=O) groups excluding carboxylic acids is 1. The zero-order valence-corrected chi connectivity index (χ0v) is 20.4. The highest BCUT2D eigenvalue weighted by atomic mass is 16.1. The normalized spacial score (nSPS) is 31.2. The molecule has 0 aromatic heterocycles. The molecule has 174 valence electrons. The Hall–Kier alpha value is -0.570. The van der Waals surface area contributed by atoms with Crippen LogP contribution >= 0.6 is 0 Å². The van der Waals surface area contributed by atoms with Gasteiger partial charge in [-0.25, -0.2) is 0 Å². The fourth-order valence-corrected chi connectivity index (χ4v) is 6.63. The summed E-state index contributed by atoms with van der Waals surface area (Å²) in [6.07, 6.45) is 22.2. The van der Waals surface area contributed by atoms with Crippen molar-refractivity contribution in [2.75, 3.05) is 6.54 Å². The fourth-order valence-electron chi connectivity index (χ4n) is 6.63. The van der Waals surface area contributed by atoms with E-state index in [1.54, 1.807) is 0 Å². The van der Waals surface area contributed by atoms with Crippen molar-refractivity contribution in [3.63, 3.8) is 0 Å². The number of hydrogen-bond donors (Lipinski definition) is 2. The molecule has 3 nitrogen and oxygen atoms in total. The van der Waals surface area contributed by atoms with Crippen LogP contribution in [0.15, 0.2) is 0 Å². The van der Waals surface area contributed by atoms with E-state index in [4.69, 9.17) is 0 Å². The molecule has 0 aromatic rings. The zero-order valence-electron chi connectivity index (χ0n) is 20.4. The second kappa shape index (κ2) is 11.3. The summed E-state index contributed by atoms with van der Waals surface area (Å²) >= 11 is 0. The lowest BCUT2D eigenvalue weighted by atomic mass is 9.71. The molecular formula is C27H50N2O. The van der Waals surface area contributed by atoms with Gasteiger partial charge in [0.15, 0.2) is 0 Å². The van der Waals surface area contributed by atoms with Crippen molar-refractivity contribution in [2.24, 2.45) is 16.7 Å². The number of amides is 1. The SMILES string of the molecule is CC(C)(C)CC1CCCC(NC(=O)CC2CCC3(CCCCCCCCC3)CN2)C1. The fraction of sp³-hybridized carbons (Fsp3) is 0.963. The quantitative estimate of drug-likeness (QED) is 0.530. The summed E-state index contributed by atoms with van der Waals surface area (Å²) in [6, 6.07) is 0.798. The van der Waals surface area contributed by atoms with E-state index in [2.05, 4.69) is 31.4 Å². The van der Waals surface area contributed by atoms with E-state index in [-0.39, 0.29) is 5.91 Å². The molecule has 3 rings (SSSR count). The van der Waals surface area contributed by atoms with Gasteiger partial charge in [-0.2, -0.15) is 0 Å². The van der Waals surface area contributed by atoms with Crippen molar-refractivity contribution in [3.05, 3.63) is 0 Å². The summed E-state index contributed by atoms with van der Waals surface area (Å²) in [5, 5.41) is 7.22. The molecular weight excluding hydrogens is 368 g/mol. The molecule has 2 saturated carbocycles. The Labute approximate surface area is 186 Å². The van der Waals surface area contributed by atoms with E-state index < -0.39 is 0 Å². The van der Waals surface area contributed by atoms with Crippen LogP contribution in [-0.4, -0.2) is 24.5 Å². The predicted molar refractivity (Wildman–Crippen MR) is 128 cm³/mol. The second-order valence-corrected chi connectivity index (χ2v) is 12.4. The molecule has 1 saturated heterocycles. The Kier molecular flexibility index (Phi) is 9.10. The Morgan fingerprint density at radius 1 is 0.900 bits per heavy atom. The molecule has 2 N–H and O–H groups in total. The third kappa shape index (κ3) is 8.17. The highest BCUT2D eigenvalue weighted by Gasteiger charge is 2.35. The van der Waals surface area contributed by atoms with Gasteiger partial charge in [-0.05, 0) is 61.7 Å². The first kappa shape index (κ1) is 24.1. The molecule has 1 heterocycles. The van der Waals surface area contributed by atoms with E-state index in [0.29, 0.717) is 29.3 Å². The van der Waals surface area contributed by atoms with Gasteiger partial charge in [-0.15, -0.1) is 0 Å². The van der Waals surface area contributed by atoms with Gasteiger partial charge in [0.1, 0.15) is 0 Å². The molecule has 1 aliphatic heterocycles. The average Bonchev–Trinajstić information content (AvgIpc) is 2.68. The molecule has 0 aromatic carbocycles. The smallest absolute Gasteiger partial charge is 0.221 e. The van der Waals surface area contributed by atoms with Crippen LogP contribution in [0.3, 0.4) is 0 Å². The number of rotatable bonds is 4. The highest BCUT2D eigenvalue weighted by Crippen LogP contribution is 2.40. The van der Waals surface area contributed by atoms with Gasteiger partial charge in [0.2, 0.25) is 5.91 Å². The second-order valence-electron chi connectivity index (χ2n) is 12.4. The summed E-state index contributed by atoms with van der Waals surface area (Å²) in [5.41, 5.74) is 0.918. The molecule has 1 amide bonds. The lowest BCUT2D eigenvalue weighted by molar-refractivity contribution is -0.122. The van der Waals surface area contributed by atoms with Crippen LogP contribution in [0.1, 0.15) is 130 Å². The summed E-state index contributed by atoms with van der Waals surface area (Å²) in [6.45, 7) is 8.17. The highest BCUT2D eigenvalue weighted by molar-refractivity contribution is 5.76. The zero-order chi connectivity index (χ0) is 21.5. The topological polar surface area (TPSA) is 41.1 Å². The van der Waals surface area contributed by atoms with Crippen molar-refractivity contribution in [3.8, 4) is 0 Å². The standard InChI is InChI=1S/C27H50N2O/c1-26(2,3)20-22-12-11-13-24(18-22)29-25(30)19-23-14-17-27(21-28-23)15-9-7-5-4-6-8-10-16-27/h22-24,28H,4-21H2,1-3H3,(H,29,30). The van der Waals surface area contributed by atoms with Crippen LogP contribution in [0.2, 0.25) is 0 Å². The summed E-state index contributed by atoms with van der Waals surface area (Å²) < 4.78 is 0. The molecule has 0 bridgehead atoms. The average molecular weight is 419 g/mol. The number of piperidine rings is 1. The maximum absolute atomic E-state index is 12.8. The van der Waals surface area contributed by atoms with Crippen LogP contribution in [0.25, 0.3) is 0 Å². The van der Waals surface area contributed by atoms with Gasteiger partial charge >= 0.3 is 0 Å². The molecule has 30 heavy (non-hydrogen) atoms. The molecule has 3 aliphatic rings. The van der Waals surface area contributed by atoms with Crippen molar-refractivity contribution >= 4 is 5.91 Å². The Balaban J connectivity index is 1.40. The van der Waals surface area contributed by atoms with Gasteiger partial charge in [0.25, 0.3) is 0 Å². The van der Waals surface area contributed by atoms with Gasteiger partial charge < -0.3 is 10.6 Å². The Bertz CT molecular complexity index is 503. The van der Waals surface area contributed by atoms with Crippen LogP contribution in [0.5, 0.6) is 0 Å². The van der Waals surface area contributed by atoms with Crippen molar-refractivity contribution < 1.29 is 4.79 Å². The third-order valence-corrected chi connectivity index (χ3v) is 8.18. The van der Waals surface area contributed by atoms with Crippen LogP contribution in [0.4, 0.5) is 0 Å². The van der Waals surface area contributed by atoms with Crippen molar-refractivity contribution in [1.29, 1.82) is 0 Å². The summed E-state index contributed by atoms with van der Waals surface area (Å²) in [7, 11) is 0. The van der Waals surface area contributed by atoms with E-state index in [9.17, 15) is 4.79 Å². The Morgan fingerprint density at radius 2 is 1.57 bits per heavy atom. The first-order valence-corrected chi connectivity index (χ1v) is 13.4. The summed E-state index contributed by atoms with van der Waals surface area (Å²) in [4.78, 5) is 12.8. The molecule has 3 heteroatoms. The van der Waals surface area contributed by atoms with Crippen LogP contribution < -0.4 is 10.6 Å². The van der Waals surface area contributed by atoms with E-state index in [0.717, 1.165) is 12.5 Å². The molecule has 1 spiro atoms. The number of nitrogens with one attached hydrogen (secondary N) is 2. The largest absolute Gasteiger partial charge is 0.353 e. The first-order chi connectivity index (χ1) is 14.3. The van der Waals surface area contributed by atoms with Crippen LogP contribution in [0, 0.1) is 16.7 Å². The van der Waals surface area contributed by atoms with Crippen molar-refractivity contribution in [2.45, 2.75) is 142 Å². The van der Waals surface area contributed by atoms with Crippen molar-refractivity contribution in [1.82, 2.24) is 10.6 Å². The van der Waals surface area contributed by atoms with Gasteiger partial charge in [0.05, 0.1) is 0 Å². The minimum atomic E-state index is 0.288. The number of hydrogen-bond acceptors (Lipinski definition) is 2. The van der Waals surface area contributed by atoms with Gasteiger partial charge in [0, 0.05) is 25.0 Å². The van der Waals surface area contributed by atoms with E-state index in [1.807, 2.05) is 0 Å². The lowest BCUT2D eigenvalue weighted by Gasteiger charge is -2.42. The van der Waals surface area contributed by atoms with Crippen LogP contribution in [-0.2, 0) is 4.79 Å². The molecule has 3 unspecified atom stereocenters. The predicted octanol–water partition coefficient (Wildman–Crippen LogP) is 6.75. The molecule has 0 radical (unpaired) electrons. The van der Waals surface area contributed by atoms with E-state index >= 15 is 0 Å². The number of carbonyl (C=O) groups is 1. The monoisotopic (exact) mass is 418 g/mol. The molecule has 2 aliphatic carbocycles. The minimum Gasteiger partial charge on any atom is -0.353 e. The van der Waals surface area contributed by atoms with Gasteiger partial charge in [-0.1, -0.05) is 78.6 Å². The van der Waals surface area contributed by atoms with E-state index in [1.165, 1.54) is 103 Å². The maximum atomic E-state index is 12.8. The summed E-state index contributed by atoms with van der Waals surface area (Å²) in [5.74, 6) is 1.07. The van der Waals surface area contributed by atoms with Gasteiger partial charge in [-0.3, -0.25) is 4.79 Å². The molecule has 3 atom stereocenters. The Morgan fingerprint density at radius 3 is 2.17 bits per heavy atom.